The molecule has 3 rings (SSSR count). The standard InChI is InChI=1S/C16H18N4O3S/c1-3-12-6-5-7-13(8-12)18-24(22,23)14-9-15-16(21)20(4-2)17-11-19(15)10-14/h5-11,18H,3-4H2,1-2H3. The van der Waals surface area contributed by atoms with Gasteiger partial charge in [0.2, 0.25) is 0 Å². The van der Waals surface area contributed by atoms with Gasteiger partial charge in [0.05, 0.1) is 0 Å². The average Bonchev–Trinajstić information content (AvgIpc) is 3.01. The van der Waals surface area contributed by atoms with Crippen molar-refractivity contribution in [1.29, 1.82) is 0 Å². The lowest BCUT2D eigenvalue weighted by Gasteiger charge is -2.07. The molecule has 0 atom stereocenters. The Kier molecular flexibility index (Phi) is 4.15. The zero-order valence-corrected chi connectivity index (χ0v) is 14.2. The zero-order valence-electron chi connectivity index (χ0n) is 13.4. The Morgan fingerprint density at radius 3 is 2.71 bits per heavy atom. The third-order valence-corrected chi connectivity index (χ3v) is 5.14. The van der Waals surface area contributed by atoms with E-state index in [0.29, 0.717) is 12.2 Å². The second kappa shape index (κ2) is 6.12. The van der Waals surface area contributed by atoms with Crippen molar-refractivity contribution in [2.75, 3.05) is 4.72 Å². The van der Waals surface area contributed by atoms with Gasteiger partial charge < -0.3 is 0 Å². The van der Waals surface area contributed by atoms with Crippen LogP contribution < -0.4 is 10.3 Å². The highest BCUT2D eigenvalue weighted by molar-refractivity contribution is 7.92. The molecule has 24 heavy (non-hydrogen) atoms. The van der Waals surface area contributed by atoms with Crippen molar-refractivity contribution < 1.29 is 8.42 Å². The highest BCUT2D eigenvalue weighted by atomic mass is 32.2. The lowest BCUT2D eigenvalue weighted by atomic mass is 10.1. The summed E-state index contributed by atoms with van der Waals surface area (Å²) in [5, 5.41) is 3.98. The minimum absolute atomic E-state index is 0.0251. The topological polar surface area (TPSA) is 85.5 Å². The first-order valence-electron chi connectivity index (χ1n) is 7.64. The van der Waals surface area contributed by atoms with Crippen molar-refractivity contribution in [3.63, 3.8) is 0 Å². The van der Waals surface area contributed by atoms with Crippen molar-refractivity contribution in [2.45, 2.75) is 31.7 Å². The molecule has 1 aromatic carbocycles. The molecule has 0 spiro atoms. The van der Waals surface area contributed by atoms with Crippen LogP contribution in [0.5, 0.6) is 0 Å². The van der Waals surface area contributed by atoms with Crippen LogP contribution in [0.15, 0.2) is 52.5 Å². The monoisotopic (exact) mass is 346 g/mol. The number of fused-ring (bicyclic) bond motifs is 1. The van der Waals surface area contributed by atoms with E-state index < -0.39 is 10.0 Å². The van der Waals surface area contributed by atoms with Crippen LogP contribution in [0.2, 0.25) is 0 Å². The number of anilines is 1. The first-order chi connectivity index (χ1) is 11.4. The van der Waals surface area contributed by atoms with Crippen LogP contribution in [0.1, 0.15) is 19.4 Å². The summed E-state index contributed by atoms with van der Waals surface area (Å²) in [5.74, 6) is 0. The van der Waals surface area contributed by atoms with Gasteiger partial charge in [-0.25, -0.2) is 13.1 Å². The van der Waals surface area contributed by atoms with E-state index in [9.17, 15) is 13.2 Å². The molecule has 126 valence electrons. The Balaban J connectivity index is 2.02. The van der Waals surface area contributed by atoms with Crippen molar-refractivity contribution in [2.24, 2.45) is 0 Å². The van der Waals surface area contributed by atoms with E-state index >= 15 is 0 Å². The number of hydrogen-bond donors (Lipinski definition) is 1. The van der Waals surface area contributed by atoms with Crippen LogP contribution in [-0.2, 0) is 23.0 Å². The minimum Gasteiger partial charge on any atom is -0.300 e. The number of aryl methyl sites for hydroxylation is 2. The maximum Gasteiger partial charge on any atom is 0.291 e. The smallest absolute Gasteiger partial charge is 0.291 e. The number of sulfonamides is 1. The molecule has 0 saturated heterocycles. The van der Waals surface area contributed by atoms with Crippen LogP contribution in [0.4, 0.5) is 5.69 Å². The normalized spacial score (nSPS) is 11.8. The maximum absolute atomic E-state index is 12.6. The molecule has 3 aromatic rings. The van der Waals surface area contributed by atoms with Gasteiger partial charge in [-0.2, -0.15) is 5.10 Å². The summed E-state index contributed by atoms with van der Waals surface area (Å²) in [6, 6.07) is 8.58. The molecule has 2 aromatic heterocycles. The predicted molar refractivity (Wildman–Crippen MR) is 91.8 cm³/mol. The molecule has 0 saturated carbocycles. The summed E-state index contributed by atoms with van der Waals surface area (Å²) in [4.78, 5) is 12.2. The zero-order chi connectivity index (χ0) is 17.3. The van der Waals surface area contributed by atoms with Gasteiger partial charge in [0.25, 0.3) is 15.6 Å². The highest BCUT2D eigenvalue weighted by Crippen LogP contribution is 2.19. The van der Waals surface area contributed by atoms with E-state index in [-0.39, 0.29) is 16.0 Å². The van der Waals surface area contributed by atoms with E-state index in [1.54, 1.807) is 25.1 Å². The van der Waals surface area contributed by atoms with Gasteiger partial charge in [-0.05, 0) is 37.1 Å². The summed E-state index contributed by atoms with van der Waals surface area (Å²) < 4.78 is 30.4. The molecule has 8 heteroatoms. The predicted octanol–water partition coefficient (Wildman–Crippen LogP) is 1.88. The number of aromatic nitrogens is 3. The van der Waals surface area contributed by atoms with E-state index in [4.69, 9.17) is 0 Å². The Labute approximate surface area is 139 Å². The summed E-state index contributed by atoms with van der Waals surface area (Å²) in [5.41, 5.74) is 1.48. The van der Waals surface area contributed by atoms with Crippen LogP contribution >= 0.6 is 0 Å². The Hall–Kier alpha value is -2.61. The highest BCUT2D eigenvalue weighted by Gasteiger charge is 2.18. The van der Waals surface area contributed by atoms with E-state index in [1.807, 2.05) is 13.0 Å². The SMILES string of the molecule is CCc1cccc(NS(=O)(=O)c2cc3c(=O)n(CC)ncn3c2)c1. The van der Waals surface area contributed by atoms with Crippen molar-refractivity contribution in [3.8, 4) is 0 Å². The lowest BCUT2D eigenvalue weighted by molar-refractivity contribution is 0.601. The molecule has 0 aliphatic heterocycles. The van der Waals surface area contributed by atoms with Gasteiger partial charge >= 0.3 is 0 Å². The van der Waals surface area contributed by atoms with Crippen LogP contribution in [0.25, 0.3) is 5.52 Å². The maximum atomic E-state index is 12.6. The van der Waals surface area contributed by atoms with Gasteiger partial charge in [-0.15, -0.1) is 0 Å². The molecule has 0 aliphatic rings. The third kappa shape index (κ3) is 2.92. The van der Waals surface area contributed by atoms with Crippen molar-refractivity contribution in [3.05, 3.63) is 58.8 Å². The van der Waals surface area contributed by atoms with Gasteiger partial charge in [0.15, 0.2) is 0 Å². The largest absolute Gasteiger partial charge is 0.300 e. The molecule has 1 N–H and O–H groups in total. The Morgan fingerprint density at radius 1 is 1.21 bits per heavy atom. The average molecular weight is 346 g/mol. The van der Waals surface area contributed by atoms with Crippen LogP contribution in [0.3, 0.4) is 0 Å². The molecular formula is C16H18N4O3S. The number of rotatable bonds is 5. The van der Waals surface area contributed by atoms with Crippen molar-refractivity contribution >= 4 is 21.2 Å². The summed E-state index contributed by atoms with van der Waals surface area (Å²) >= 11 is 0. The number of nitrogens with one attached hydrogen (secondary N) is 1. The second-order valence-electron chi connectivity index (χ2n) is 5.38. The van der Waals surface area contributed by atoms with Gasteiger partial charge in [0.1, 0.15) is 16.7 Å². The molecule has 0 fully saturated rings. The quantitative estimate of drug-likeness (QED) is 0.764. The van der Waals surface area contributed by atoms with Crippen molar-refractivity contribution in [1.82, 2.24) is 14.2 Å². The summed E-state index contributed by atoms with van der Waals surface area (Å²) in [6.07, 6.45) is 3.63. The lowest BCUT2D eigenvalue weighted by Crippen LogP contribution is -2.23. The third-order valence-electron chi connectivity index (χ3n) is 3.79. The summed E-state index contributed by atoms with van der Waals surface area (Å²) in [6.45, 7) is 4.22. The number of nitrogens with zero attached hydrogens (tertiary/aromatic N) is 3. The molecule has 0 unspecified atom stereocenters. The molecule has 0 aliphatic carbocycles. The molecule has 0 radical (unpaired) electrons. The number of benzene rings is 1. The van der Waals surface area contributed by atoms with Crippen LogP contribution in [-0.4, -0.2) is 22.6 Å². The fourth-order valence-electron chi connectivity index (χ4n) is 2.46. The Morgan fingerprint density at radius 2 is 2.00 bits per heavy atom. The van der Waals surface area contributed by atoms with Gasteiger partial charge in [-0.1, -0.05) is 19.1 Å². The van der Waals surface area contributed by atoms with Gasteiger partial charge in [-0.3, -0.25) is 13.9 Å². The number of hydrogen-bond acceptors (Lipinski definition) is 4. The molecule has 7 nitrogen and oxygen atoms in total. The first kappa shape index (κ1) is 16.3. The van der Waals surface area contributed by atoms with E-state index in [0.717, 1.165) is 12.0 Å². The molecule has 0 bridgehead atoms. The molecule has 0 amide bonds. The Bertz CT molecular complexity index is 1050. The van der Waals surface area contributed by atoms with E-state index in [1.165, 1.54) is 27.7 Å². The summed E-state index contributed by atoms with van der Waals surface area (Å²) in [7, 11) is -3.78. The van der Waals surface area contributed by atoms with E-state index in [2.05, 4.69) is 9.82 Å². The van der Waals surface area contributed by atoms with Crippen LogP contribution in [0, 0.1) is 0 Å². The minimum atomic E-state index is -3.78. The van der Waals surface area contributed by atoms with Gasteiger partial charge in [0, 0.05) is 18.4 Å². The fourth-order valence-corrected chi connectivity index (χ4v) is 3.54. The molecular weight excluding hydrogens is 328 g/mol. The fraction of sp³-hybridized carbons (Fsp3) is 0.250. The second-order valence-corrected chi connectivity index (χ2v) is 7.06. The molecule has 2 heterocycles. The first-order valence-corrected chi connectivity index (χ1v) is 9.12.